The minimum atomic E-state index is -0.641. The molecule has 0 bridgehead atoms. The second-order valence-electron chi connectivity index (χ2n) is 3.26. The summed E-state index contributed by atoms with van der Waals surface area (Å²) in [6, 6.07) is 0. The average molecular weight is 181 g/mol. The fourth-order valence-electron chi connectivity index (χ4n) is 1.29. The Morgan fingerprint density at radius 2 is 1.62 bits per heavy atom. The Balaban J connectivity index is 4.43. The number of rotatable bonds is 7. The topological polar surface area (TPSA) is 46.2 Å². The zero-order chi connectivity index (χ0) is 10.3. The summed E-state index contributed by atoms with van der Waals surface area (Å²) < 4.78 is 0. The molecule has 0 aliphatic rings. The van der Waals surface area contributed by atoms with Gasteiger partial charge in [-0.1, -0.05) is 18.2 Å². The molecule has 13 heavy (non-hydrogen) atoms. The molecule has 0 aliphatic carbocycles. The van der Waals surface area contributed by atoms with Crippen LogP contribution in [0.15, 0.2) is 38.0 Å². The molecule has 0 aromatic heterocycles. The second-order valence-corrected chi connectivity index (χ2v) is 3.26. The number of aliphatic hydroxyl groups is 1. The Hall–Kier alpha value is -0.860. The Kier molecular flexibility index (Phi) is 5.35. The molecule has 0 spiro atoms. The summed E-state index contributed by atoms with van der Waals surface area (Å²) in [4.78, 5) is 0. The van der Waals surface area contributed by atoms with Gasteiger partial charge in [0, 0.05) is 5.54 Å². The second kappa shape index (κ2) is 5.73. The van der Waals surface area contributed by atoms with Crippen molar-refractivity contribution < 1.29 is 5.11 Å². The van der Waals surface area contributed by atoms with Crippen molar-refractivity contribution in [2.45, 2.75) is 30.9 Å². The number of hydrogen-bond donors (Lipinski definition) is 2. The maximum atomic E-state index is 9.74. The van der Waals surface area contributed by atoms with Crippen molar-refractivity contribution in [2.75, 3.05) is 0 Å². The fourth-order valence-corrected chi connectivity index (χ4v) is 1.29. The van der Waals surface area contributed by atoms with Gasteiger partial charge in [0.05, 0.1) is 6.10 Å². The summed E-state index contributed by atoms with van der Waals surface area (Å²) in [5, 5.41) is 9.74. The first-order chi connectivity index (χ1) is 6.10. The van der Waals surface area contributed by atoms with E-state index in [1.54, 1.807) is 18.2 Å². The van der Waals surface area contributed by atoms with Crippen molar-refractivity contribution in [3.8, 4) is 0 Å². The van der Waals surface area contributed by atoms with Gasteiger partial charge in [-0.05, 0) is 19.3 Å². The summed E-state index contributed by atoms with van der Waals surface area (Å²) in [5.41, 5.74) is 5.37. The summed E-state index contributed by atoms with van der Waals surface area (Å²) in [7, 11) is 0. The summed E-state index contributed by atoms with van der Waals surface area (Å²) in [5.74, 6) is 0. The molecule has 1 atom stereocenters. The summed E-state index contributed by atoms with van der Waals surface area (Å²) in [6.07, 6.45) is 6.17. The van der Waals surface area contributed by atoms with E-state index >= 15 is 0 Å². The molecule has 2 nitrogen and oxygen atoms in total. The lowest BCUT2D eigenvalue weighted by Gasteiger charge is -2.32. The third kappa shape index (κ3) is 3.57. The van der Waals surface area contributed by atoms with Crippen LogP contribution in [-0.2, 0) is 0 Å². The summed E-state index contributed by atoms with van der Waals surface area (Å²) >= 11 is 0. The van der Waals surface area contributed by atoms with E-state index in [1.165, 1.54) is 0 Å². The number of aliphatic hydroxyl groups excluding tert-OH is 1. The fraction of sp³-hybridized carbons (Fsp3) is 0.455. The highest BCUT2D eigenvalue weighted by Gasteiger charge is 2.29. The van der Waals surface area contributed by atoms with E-state index < -0.39 is 11.6 Å². The first kappa shape index (κ1) is 12.1. The van der Waals surface area contributed by atoms with Gasteiger partial charge in [0.2, 0.25) is 0 Å². The Labute approximate surface area is 80.5 Å². The van der Waals surface area contributed by atoms with Crippen LogP contribution < -0.4 is 5.73 Å². The van der Waals surface area contributed by atoms with Gasteiger partial charge in [0.15, 0.2) is 0 Å². The molecule has 74 valence electrons. The Morgan fingerprint density at radius 1 is 1.15 bits per heavy atom. The van der Waals surface area contributed by atoms with E-state index in [2.05, 4.69) is 19.7 Å². The predicted octanol–water partition coefficient (Wildman–Crippen LogP) is 1.77. The lowest BCUT2D eigenvalue weighted by Crippen LogP contribution is -2.49. The monoisotopic (exact) mass is 181 g/mol. The van der Waals surface area contributed by atoms with Crippen molar-refractivity contribution in [3.63, 3.8) is 0 Å². The van der Waals surface area contributed by atoms with Crippen LogP contribution in [0.3, 0.4) is 0 Å². The molecule has 0 aromatic rings. The molecule has 1 unspecified atom stereocenters. The molecule has 0 heterocycles. The lowest BCUT2D eigenvalue weighted by molar-refractivity contribution is 0.0889. The minimum Gasteiger partial charge on any atom is -0.391 e. The lowest BCUT2D eigenvalue weighted by atomic mass is 9.85. The third-order valence-corrected chi connectivity index (χ3v) is 2.10. The Morgan fingerprint density at radius 3 is 1.92 bits per heavy atom. The van der Waals surface area contributed by atoms with Crippen LogP contribution in [0.2, 0.25) is 0 Å². The van der Waals surface area contributed by atoms with Crippen molar-refractivity contribution in [1.82, 2.24) is 0 Å². The molecule has 0 radical (unpaired) electrons. The van der Waals surface area contributed by atoms with E-state index in [0.29, 0.717) is 19.3 Å². The van der Waals surface area contributed by atoms with Gasteiger partial charge in [-0.25, -0.2) is 0 Å². The average Bonchev–Trinajstić information content (AvgIpc) is 2.05. The van der Waals surface area contributed by atoms with Crippen molar-refractivity contribution >= 4 is 0 Å². The van der Waals surface area contributed by atoms with E-state index in [9.17, 15) is 5.11 Å². The smallest absolute Gasteiger partial charge is 0.0759 e. The van der Waals surface area contributed by atoms with Crippen LogP contribution in [-0.4, -0.2) is 16.7 Å². The number of hydrogen-bond acceptors (Lipinski definition) is 2. The van der Waals surface area contributed by atoms with Crippen LogP contribution >= 0.6 is 0 Å². The maximum Gasteiger partial charge on any atom is 0.0759 e. The van der Waals surface area contributed by atoms with Crippen LogP contribution in [0.1, 0.15) is 19.3 Å². The predicted molar refractivity (Wildman–Crippen MR) is 57.4 cm³/mol. The molecule has 0 saturated carbocycles. The quantitative estimate of drug-likeness (QED) is 0.588. The van der Waals surface area contributed by atoms with E-state index in [1.807, 2.05) is 0 Å². The highest BCUT2D eigenvalue weighted by atomic mass is 16.3. The largest absolute Gasteiger partial charge is 0.391 e. The first-order valence-corrected chi connectivity index (χ1v) is 4.40. The molecule has 0 fully saturated rings. The zero-order valence-electron chi connectivity index (χ0n) is 8.08. The molecular weight excluding hydrogens is 162 g/mol. The first-order valence-electron chi connectivity index (χ1n) is 4.40. The molecule has 0 rings (SSSR count). The normalized spacial score (nSPS) is 13.4. The molecule has 0 aromatic carbocycles. The highest BCUT2D eigenvalue weighted by molar-refractivity contribution is 5.02. The highest BCUT2D eigenvalue weighted by Crippen LogP contribution is 2.20. The van der Waals surface area contributed by atoms with Gasteiger partial charge in [-0.3, -0.25) is 0 Å². The zero-order valence-corrected chi connectivity index (χ0v) is 8.08. The van der Waals surface area contributed by atoms with Gasteiger partial charge in [0.25, 0.3) is 0 Å². The molecule has 0 aliphatic heterocycles. The van der Waals surface area contributed by atoms with Crippen LogP contribution in [0, 0.1) is 0 Å². The summed E-state index contributed by atoms with van der Waals surface area (Å²) in [6.45, 7) is 10.8. The molecule has 2 heteroatoms. The van der Waals surface area contributed by atoms with Gasteiger partial charge >= 0.3 is 0 Å². The number of nitrogens with two attached hydrogens (primary N) is 1. The van der Waals surface area contributed by atoms with Gasteiger partial charge < -0.3 is 10.8 Å². The minimum absolute atomic E-state index is 0.498. The maximum absolute atomic E-state index is 9.74. The van der Waals surface area contributed by atoms with Gasteiger partial charge in [-0.15, -0.1) is 19.7 Å². The molecular formula is C11H19NO. The Bertz CT molecular complexity index is 177. The van der Waals surface area contributed by atoms with Gasteiger partial charge in [-0.2, -0.15) is 0 Å². The van der Waals surface area contributed by atoms with Crippen molar-refractivity contribution in [3.05, 3.63) is 38.0 Å². The van der Waals surface area contributed by atoms with Crippen molar-refractivity contribution in [1.29, 1.82) is 0 Å². The van der Waals surface area contributed by atoms with Crippen LogP contribution in [0.25, 0.3) is 0 Å². The standard InChI is InChI=1S/C11H19NO/c1-4-7-10(13)11(12,8-5-2)9-6-3/h4-6,10,13H,1-3,7-9,12H2. The molecule has 0 amide bonds. The SMILES string of the molecule is C=CCC(O)C(N)(CC=C)CC=C. The van der Waals surface area contributed by atoms with E-state index in [-0.39, 0.29) is 0 Å². The van der Waals surface area contributed by atoms with Crippen LogP contribution in [0.5, 0.6) is 0 Å². The molecule has 0 saturated heterocycles. The molecule has 3 N–H and O–H groups in total. The van der Waals surface area contributed by atoms with Crippen molar-refractivity contribution in [2.24, 2.45) is 5.73 Å². The third-order valence-electron chi connectivity index (χ3n) is 2.10. The van der Waals surface area contributed by atoms with E-state index in [4.69, 9.17) is 5.73 Å². The van der Waals surface area contributed by atoms with Crippen LogP contribution in [0.4, 0.5) is 0 Å². The van der Waals surface area contributed by atoms with E-state index in [0.717, 1.165) is 0 Å². The van der Waals surface area contributed by atoms with Gasteiger partial charge in [0.1, 0.15) is 0 Å².